The topological polar surface area (TPSA) is 107 Å². The van der Waals surface area contributed by atoms with Crippen molar-refractivity contribution in [3.05, 3.63) is 119 Å². The highest BCUT2D eigenvalue weighted by atomic mass is 32.2. The summed E-state index contributed by atoms with van der Waals surface area (Å²) < 4.78 is 34.5. The van der Waals surface area contributed by atoms with Crippen LogP contribution in [0.4, 0.5) is 0 Å². The Bertz CT molecular complexity index is 1870. The second-order valence-electron chi connectivity index (χ2n) is 10.7. The van der Waals surface area contributed by atoms with Gasteiger partial charge in [0.05, 0.1) is 12.8 Å². The Balaban J connectivity index is 1.50. The zero-order valence-corrected chi connectivity index (χ0v) is 24.0. The first-order chi connectivity index (χ1) is 20.3. The molecule has 6 rings (SSSR count). The van der Waals surface area contributed by atoms with Gasteiger partial charge < -0.3 is 14.6 Å². The highest BCUT2D eigenvalue weighted by Gasteiger charge is 2.30. The minimum absolute atomic E-state index is 0.0634. The van der Waals surface area contributed by atoms with Crippen molar-refractivity contribution in [3.63, 3.8) is 0 Å². The molecule has 1 aliphatic heterocycles. The van der Waals surface area contributed by atoms with Crippen LogP contribution in [0.5, 0.6) is 5.75 Å². The van der Waals surface area contributed by atoms with E-state index in [1.807, 2.05) is 59.2 Å². The summed E-state index contributed by atoms with van der Waals surface area (Å²) in [7, 11) is -3.88. The Kier molecular flexibility index (Phi) is 7.43. The molecular weight excluding hydrogens is 550 g/mol. The van der Waals surface area contributed by atoms with Gasteiger partial charge >= 0.3 is 0 Å². The van der Waals surface area contributed by atoms with E-state index < -0.39 is 15.9 Å². The lowest BCUT2D eigenvalue weighted by molar-refractivity contribution is -0.112. The average Bonchev–Trinajstić information content (AvgIpc) is 3.47. The molecule has 4 aromatic rings. The van der Waals surface area contributed by atoms with Crippen molar-refractivity contribution >= 4 is 38.2 Å². The Hall–Kier alpha value is -4.63. The summed E-state index contributed by atoms with van der Waals surface area (Å²) in [5.41, 5.74) is 5.99. The Morgan fingerprint density at radius 2 is 1.76 bits per heavy atom. The molecule has 214 valence electrons. The number of aryl methyl sites for hydroxylation is 2. The summed E-state index contributed by atoms with van der Waals surface area (Å²) >= 11 is 0. The van der Waals surface area contributed by atoms with E-state index in [1.165, 1.54) is 11.1 Å². The monoisotopic (exact) mass is 581 g/mol. The molecule has 0 saturated heterocycles. The van der Waals surface area contributed by atoms with Gasteiger partial charge in [-0.3, -0.25) is 9.59 Å². The molecule has 2 N–H and O–H groups in total. The second kappa shape index (κ2) is 11.3. The molecule has 42 heavy (non-hydrogen) atoms. The van der Waals surface area contributed by atoms with Crippen LogP contribution in [-0.4, -0.2) is 37.5 Å². The Morgan fingerprint density at radius 1 is 1.00 bits per heavy atom. The predicted molar refractivity (Wildman–Crippen MR) is 163 cm³/mol. The number of rotatable bonds is 8. The van der Waals surface area contributed by atoms with Crippen molar-refractivity contribution in [3.8, 4) is 5.75 Å². The maximum Gasteiger partial charge on any atom is 0.282 e. The van der Waals surface area contributed by atoms with Crippen molar-refractivity contribution in [2.45, 2.75) is 32.4 Å². The van der Waals surface area contributed by atoms with Gasteiger partial charge in [0.2, 0.25) is 10.0 Å². The number of fused-ring (bicyclic) bond motifs is 2. The number of allylic oxidation sites excluding steroid dienone is 2. The number of carbonyl (C=O) groups excluding carboxylic acids is 2. The third-order valence-electron chi connectivity index (χ3n) is 7.57. The zero-order chi connectivity index (χ0) is 29.3. The van der Waals surface area contributed by atoms with E-state index in [-0.39, 0.29) is 24.6 Å². The third kappa shape index (κ3) is 5.73. The Labute approximate surface area is 244 Å². The summed E-state index contributed by atoms with van der Waals surface area (Å²) in [5, 5.41) is 3.70. The molecule has 3 aromatic carbocycles. The molecule has 0 unspecified atom stereocenters. The third-order valence-corrected chi connectivity index (χ3v) is 8.12. The van der Waals surface area contributed by atoms with Crippen LogP contribution in [0.25, 0.3) is 16.5 Å². The van der Waals surface area contributed by atoms with Crippen molar-refractivity contribution in [1.82, 2.24) is 14.6 Å². The normalized spacial score (nSPS) is 14.7. The molecule has 8 nitrogen and oxygen atoms in total. The van der Waals surface area contributed by atoms with Gasteiger partial charge in [-0.05, 0) is 84.1 Å². The van der Waals surface area contributed by atoms with Gasteiger partial charge in [0.15, 0.2) is 5.78 Å². The van der Waals surface area contributed by atoms with Crippen LogP contribution in [0, 0.1) is 0 Å². The number of sulfonamides is 1. The van der Waals surface area contributed by atoms with Crippen LogP contribution < -0.4 is 14.8 Å². The summed E-state index contributed by atoms with van der Waals surface area (Å²) in [4.78, 5) is 27.1. The highest BCUT2D eigenvalue weighted by Crippen LogP contribution is 2.37. The quantitative estimate of drug-likeness (QED) is 0.317. The number of aromatic nitrogens is 1. The molecule has 1 aliphatic carbocycles. The van der Waals surface area contributed by atoms with Gasteiger partial charge in [-0.15, -0.1) is 0 Å². The van der Waals surface area contributed by atoms with Gasteiger partial charge in [-0.1, -0.05) is 42.5 Å². The number of Topliss-reactive ketones (excluding diaryl/α,β-unsaturated/α-hetero) is 1. The average molecular weight is 582 g/mol. The number of hydrogen-bond acceptors (Lipinski definition) is 6. The van der Waals surface area contributed by atoms with E-state index in [0.717, 1.165) is 47.5 Å². The summed E-state index contributed by atoms with van der Waals surface area (Å²) in [5.74, 6) is -0.298. The minimum Gasteiger partial charge on any atom is -0.489 e. The van der Waals surface area contributed by atoms with E-state index in [2.05, 4.69) is 22.2 Å². The van der Waals surface area contributed by atoms with Crippen LogP contribution in [0.1, 0.15) is 44.7 Å². The largest absolute Gasteiger partial charge is 0.489 e. The number of benzene rings is 3. The molecule has 1 amide bonds. The standard InChI is InChI=1S/C33H31N3O5S/c1-42(39,40)35-33(38)32-31(27-14-7-15-34-19-30(27)37)28-17-24-11-6-12-25(24)18-29(28)36(32)20-23-10-5-13-26(16-23)41-21-22-8-3-2-4-9-22/h2-5,7-10,13-18,34H,6,11-12,19-21H2,1H3,(H,35,38). The summed E-state index contributed by atoms with van der Waals surface area (Å²) in [6.07, 6.45) is 8.91. The van der Waals surface area contributed by atoms with Crippen LogP contribution in [0.15, 0.2) is 85.1 Å². The van der Waals surface area contributed by atoms with Crippen LogP contribution in [-0.2, 0) is 40.8 Å². The first-order valence-corrected chi connectivity index (χ1v) is 15.8. The first kappa shape index (κ1) is 27.5. The van der Waals surface area contributed by atoms with Crippen LogP contribution in [0.3, 0.4) is 0 Å². The number of nitrogens with zero attached hydrogens (tertiary/aromatic N) is 1. The Morgan fingerprint density at radius 3 is 2.55 bits per heavy atom. The predicted octanol–water partition coefficient (Wildman–Crippen LogP) is 4.52. The van der Waals surface area contributed by atoms with Crippen LogP contribution >= 0.6 is 0 Å². The van der Waals surface area contributed by atoms with Gasteiger partial charge in [-0.25, -0.2) is 13.1 Å². The maximum atomic E-state index is 13.8. The van der Waals surface area contributed by atoms with E-state index in [4.69, 9.17) is 4.74 Å². The van der Waals surface area contributed by atoms with Crippen LogP contribution in [0.2, 0.25) is 0 Å². The molecule has 1 aromatic heterocycles. The molecule has 2 aliphatic rings. The lowest BCUT2D eigenvalue weighted by atomic mass is 9.96. The molecule has 0 atom stereocenters. The number of ether oxygens (including phenoxy) is 1. The molecule has 0 bridgehead atoms. The zero-order valence-electron chi connectivity index (χ0n) is 23.2. The van der Waals surface area contributed by atoms with Gasteiger partial charge in [-0.2, -0.15) is 0 Å². The van der Waals surface area contributed by atoms with Crippen molar-refractivity contribution < 1.29 is 22.7 Å². The summed E-state index contributed by atoms with van der Waals surface area (Å²) in [6, 6.07) is 21.7. The molecule has 0 spiro atoms. The molecule has 0 saturated carbocycles. The van der Waals surface area contributed by atoms with Crippen molar-refractivity contribution in [1.29, 1.82) is 0 Å². The summed E-state index contributed by atoms with van der Waals surface area (Å²) in [6.45, 7) is 0.737. The van der Waals surface area contributed by atoms with E-state index >= 15 is 0 Å². The van der Waals surface area contributed by atoms with Gasteiger partial charge in [0.1, 0.15) is 18.1 Å². The maximum absolute atomic E-state index is 13.8. The first-order valence-electron chi connectivity index (χ1n) is 13.9. The van der Waals surface area contributed by atoms with Crippen molar-refractivity contribution in [2.24, 2.45) is 0 Å². The lowest BCUT2D eigenvalue weighted by Gasteiger charge is -2.14. The van der Waals surface area contributed by atoms with Gasteiger partial charge in [0, 0.05) is 28.6 Å². The molecule has 9 heteroatoms. The van der Waals surface area contributed by atoms with Gasteiger partial charge in [0.25, 0.3) is 5.91 Å². The lowest BCUT2D eigenvalue weighted by Crippen LogP contribution is -2.32. The second-order valence-corrected chi connectivity index (χ2v) is 12.4. The number of hydrogen-bond donors (Lipinski definition) is 2. The fraction of sp³-hybridized carbons (Fsp3) is 0.212. The molecule has 2 heterocycles. The minimum atomic E-state index is -3.88. The smallest absolute Gasteiger partial charge is 0.282 e. The fourth-order valence-corrected chi connectivity index (χ4v) is 6.17. The fourth-order valence-electron chi connectivity index (χ4n) is 5.74. The van der Waals surface area contributed by atoms with E-state index in [9.17, 15) is 18.0 Å². The van der Waals surface area contributed by atoms with E-state index in [1.54, 1.807) is 18.4 Å². The molecule has 0 fully saturated rings. The van der Waals surface area contributed by atoms with Crippen molar-refractivity contribution in [2.75, 3.05) is 12.8 Å². The molecule has 0 radical (unpaired) electrons. The molecular formula is C33H31N3O5S. The number of carbonyl (C=O) groups is 2. The number of nitrogens with one attached hydrogen (secondary N) is 2. The van der Waals surface area contributed by atoms with E-state index in [0.29, 0.717) is 23.5 Å². The number of amides is 1. The number of ketones is 1. The highest BCUT2D eigenvalue weighted by molar-refractivity contribution is 7.89. The SMILES string of the molecule is CS(=O)(=O)NC(=O)c1c(C2=CC=CNCC2=O)c2cc3c(cc2n1Cc1cccc(OCc2ccccc2)c1)CCC3.